The van der Waals surface area contributed by atoms with E-state index < -0.39 is 9.84 Å². The predicted octanol–water partition coefficient (Wildman–Crippen LogP) is 2.46. The lowest BCUT2D eigenvalue weighted by Gasteiger charge is -2.21. The summed E-state index contributed by atoms with van der Waals surface area (Å²) in [6.07, 6.45) is 2.96. The van der Waals surface area contributed by atoms with Crippen LogP contribution in [0.3, 0.4) is 0 Å². The maximum absolute atomic E-state index is 11.7. The fourth-order valence-corrected chi connectivity index (χ4v) is 2.06. The Morgan fingerprint density at radius 3 is 2.22 bits per heavy atom. The Balaban J connectivity index is 2.97. The molecule has 0 aliphatic carbocycles. The Hall–Kier alpha value is -1.13. The third-order valence-electron chi connectivity index (χ3n) is 2.40. The average molecular weight is 267 g/mol. The minimum atomic E-state index is -3.19. The van der Waals surface area contributed by atoms with E-state index in [4.69, 9.17) is 0 Å². The fourth-order valence-electron chi connectivity index (χ4n) is 1.38. The largest absolute Gasteiger partial charge is 0.307 e. The molecular weight excluding hydrogens is 246 g/mol. The topological polar surface area (TPSA) is 46.2 Å². The van der Waals surface area contributed by atoms with Gasteiger partial charge in [-0.3, -0.25) is 0 Å². The Bertz CT molecular complexity index is 510. The van der Waals surface area contributed by atoms with Crippen molar-refractivity contribution in [3.63, 3.8) is 0 Å². The Morgan fingerprint density at radius 1 is 1.22 bits per heavy atom. The molecule has 0 aliphatic rings. The molecule has 0 atom stereocenters. The third kappa shape index (κ3) is 5.47. The van der Waals surface area contributed by atoms with Gasteiger partial charge in [-0.1, -0.05) is 30.3 Å². The molecule has 0 unspecified atom stereocenters. The quantitative estimate of drug-likeness (QED) is 0.911. The average Bonchev–Trinajstić information content (AvgIpc) is 2.22. The van der Waals surface area contributed by atoms with Crippen molar-refractivity contribution in [1.82, 2.24) is 5.32 Å². The number of hydrogen-bond acceptors (Lipinski definition) is 3. The molecule has 0 saturated carbocycles. The van der Waals surface area contributed by atoms with Crippen molar-refractivity contribution in [2.24, 2.45) is 0 Å². The van der Waals surface area contributed by atoms with Gasteiger partial charge < -0.3 is 5.32 Å². The molecule has 3 nitrogen and oxygen atoms in total. The van der Waals surface area contributed by atoms with Gasteiger partial charge in [-0.05, 0) is 32.4 Å². The first kappa shape index (κ1) is 14.9. The summed E-state index contributed by atoms with van der Waals surface area (Å²) in [7, 11) is -3.19. The molecule has 1 aromatic rings. The summed E-state index contributed by atoms with van der Waals surface area (Å²) in [4.78, 5) is 0.406. The highest BCUT2D eigenvalue weighted by Gasteiger charge is 2.15. The lowest BCUT2D eigenvalue weighted by atomic mass is 10.1. The van der Waals surface area contributed by atoms with E-state index in [1.807, 2.05) is 51.1 Å². The molecule has 4 heteroatoms. The standard InChI is InChI=1S/C14H21NO2S/c1-14(2,3)15-11-13(18(4,16)17)10-12-8-6-5-7-9-12/h5-10,15H,11H2,1-4H3/b13-10+. The van der Waals surface area contributed by atoms with E-state index in [-0.39, 0.29) is 5.54 Å². The molecule has 0 aliphatic heterocycles. The Labute approximate surface area is 110 Å². The highest BCUT2D eigenvalue weighted by molar-refractivity contribution is 7.94. The van der Waals surface area contributed by atoms with Gasteiger partial charge in [0.25, 0.3) is 0 Å². The van der Waals surface area contributed by atoms with E-state index in [1.165, 1.54) is 6.26 Å². The second kappa shape index (κ2) is 5.67. The highest BCUT2D eigenvalue weighted by atomic mass is 32.2. The second-order valence-electron chi connectivity index (χ2n) is 5.40. The lowest BCUT2D eigenvalue weighted by Crippen LogP contribution is -2.37. The normalized spacial score (nSPS) is 13.7. The Morgan fingerprint density at radius 2 is 1.78 bits per heavy atom. The lowest BCUT2D eigenvalue weighted by molar-refractivity contribution is 0.447. The summed E-state index contributed by atoms with van der Waals surface area (Å²) < 4.78 is 23.5. The molecule has 18 heavy (non-hydrogen) atoms. The third-order valence-corrected chi connectivity index (χ3v) is 3.61. The van der Waals surface area contributed by atoms with Crippen molar-refractivity contribution in [3.8, 4) is 0 Å². The molecule has 0 saturated heterocycles. The summed E-state index contributed by atoms with van der Waals surface area (Å²) in [5, 5.41) is 3.20. The van der Waals surface area contributed by atoms with Crippen LogP contribution < -0.4 is 5.32 Å². The first-order valence-electron chi connectivity index (χ1n) is 5.89. The number of sulfone groups is 1. The molecule has 0 heterocycles. The minimum Gasteiger partial charge on any atom is -0.307 e. The number of hydrogen-bond donors (Lipinski definition) is 1. The van der Waals surface area contributed by atoms with Crippen LogP contribution in [0.2, 0.25) is 0 Å². The van der Waals surface area contributed by atoms with Crippen molar-refractivity contribution in [2.45, 2.75) is 26.3 Å². The van der Waals surface area contributed by atoms with Crippen molar-refractivity contribution in [1.29, 1.82) is 0 Å². The SMILES string of the molecule is CC(C)(C)NC/C(=C\c1ccccc1)S(C)(=O)=O. The Kier molecular flexibility index (Phi) is 4.71. The van der Waals surface area contributed by atoms with Gasteiger partial charge in [-0.15, -0.1) is 0 Å². The molecule has 0 aromatic heterocycles. The summed E-state index contributed by atoms with van der Waals surface area (Å²) in [6.45, 7) is 6.37. The number of nitrogens with one attached hydrogen (secondary N) is 1. The zero-order chi connectivity index (χ0) is 13.8. The zero-order valence-corrected chi connectivity index (χ0v) is 12.2. The van der Waals surface area contributed by atoms with Crippen LogP contribution in [0.25, 0.3) is 6.08 Å². The molecule has 1 rings (SSSR count). The van der Waals surface area contributed by atoms with E-state index in [0.717, 1.165) is 5.56 Å². The number of rotatable bonds is 4. The molecule has 0 spiro atoms. The van der Waals surface area contributed by atoms with E-state index in [9.17, 15) is 8.42 Å². The summed E-state index contributed by atoms with van der Waals surface area (Å²) in [6, 6.07) is 9.47. The summed E-state index contributed by atoms with van der Waals surface area (Å²) in [5.41, 5.74) is 0.786. The van der Waals surface area contributed by atoms with Crippen molar-refractivity contribution in [2.75, 3.05) is 12.8 Å². The van der Waals surface area contributed by atoms with Crippen molar-refractivity contribution in [3.05, 3.63) is 40.8 Å². The van der Waals surface area contributed by atoms with Gasteiger partial charge in [0.05, 0.1) is 4.91 Å². The van der Waals surface area contributed by atoms with Gasteiger partial charge in [0.1, 0.15) is 0 Å². The fraction of sp³-hybridized carbons (Fsp3) is 0.429. The van der Waals surface area contributed by atoms with Crippen molar-refractivity contribution >= 4 is 15.9 Å². The second-order valence-corrected chi connectivity index (χ2v) is 7.47. The molecule has 100 valence electrons. The molecular formula is C14H21NO2S. The van der Waals surface area contributed by atoms with E-state index in [1.54, 1.807) is 6.08 Å². The maximum atomic E-state index is 11.7. The van der Waals surface area contributed by atoms with Crippen LogP contribution in [0.5, 0.6) is 0 Å². The van der Waals surface area contributed by atoms with Crippen LogP contribution in [0.4, 0.5) is 0 Å². The van der Waals surface area contributed by atoms with E-state index in [0.29, 0.717) is 11.4 Å². The first-order chi connectivity index (χ1) is 8.18. The van der Waals surface area contributed by atoms with Gasteiger partial charge >= 0.3 is 0 Å². The zero-order valence-electron chi connectivity index (χ0n) is 11.4. The molecule has 1 N–H and O–H groups in total. The number of benzene rings is 1. The van der Waals surface area contributed by atoms with Crippen LogP contribution in [0.1, 0.15) is 26.3 Å². The van der Waals surface area contributed by atoms with Gasteiger partial charge in [-0.25, -0.2) is 8.42 Å². The van der Waals surface area contributed by atoms with Crippen LogP contribution in [0, 0.1) is 0 Å². The highest BCUT2D eigenvalue weighted by Crippen LogP contribution is 2.12. The minimum absolute atomic E-state index is 0.111. The smallest absolute Gasteiger partial charge is 0.173 e. The van der Waals surface area contributed by atoms with Crippen LogP contribution in [-0.4, -0.2) is 26.8 Å². The van der Waals surface area contributed by atoms with Gasteiger partial charge in [-0.2, -0.15) is 0 Å². The van der Waals surface area contributed by atoms with Crippen LogP contribution >= 0.6 is 0 Å². The monoisotopic (exact) mass is 267 g/mol. The van der Waals surface area contributed by atoms with Crippen LogP contribution in [-0.2, 0) is 9.84 Å². The molecule has 0 bridgehead atoms. The maximum Gasteiger partial charge on any atom is 0.173 e. The molecule has 1 aromatic carbocycles. The van der Waals surface area contributed by atoms with Gasteiger partial charge in [0.2, 0.25) is 0 Å². The molecule has 0 amide bonds. The van der Waals surface area contributed by atoms with E-state index in [2.05, 4.69) is 5.32 Å². The molecule has 0 fully saturated rings. The molecule has 0 radical (unpaired) electrons. The summed E-state index contributed by atoms with van der Waals surface area (Å²) in [5.74, 6) is 0. The van der Waals surface area contributed by atoms with Crippen molar-refractivity contribution < 1.29 is 8.42 Å². The summed E-state index contributed by atoms with van der Waals surface area (Å²) >= 11 is 0. The van der Waals surface area contributed by atoms with E-state index >= 15 is 0 Å². The van der Waals surface area contributed by atoms with Gasteiger partial charge in [0, 0.05) is 18.3 Å². The first-order valence-corrected chi connectivity index (χ1v) is 7.78. The van der Waals surface area contributed by atoms with Crippen LogP contribution in [0.15, 0.2) is 35.2 Å². The van der Waals surface area contributed by atoms with Gasteiger partial charge in [0.15, 0.2) is 9.84 Å². The predicted molar refractivity (Wildman–Crippen MR) is 77.0 cm³/mol.